The smallest absolute Gasteiger partial charge is 0.133 e. The van der Waals surface area contributed by atoms with Gasteiger partial charge < -0.3 is 15.6 Å². The highest BCUT2D eigenvalue weighted by Gasteiger charge is 2.10. The molecule has 0 aliphatic rings. The summed E-state index contributed by atoms with van der Waals surface area (Å²) in [7, 11) is 0. The van der Waals surface area contributed by atoms with Crippen LogP contribution in [-0.2, 0) is 6.42 Å². The van der Waals surface area contributed by atoms with Gasteiger partial charge in [-0.2, -0.15) is 0 Å². The van der Waals surface area contributed by atoms with E-state index in [1.807, 2.05) is 32.0 Å². The van der Waals surface area contributed by atoms with Gasteiger partial charge in [-0.15, -0.1) is 0 Å². The molecule has 0 saturated heterocycles. The predicted octanol–water partition coefficient (Wildman–Crippen LogP) is 2.49. The lowest BCUT2D eigenvalue weighted by Crippen LogP contribution is -2.31. The minimum Gasteiger partial charge on any atom is -0.493 e. The SMILES string of the molecule is CCOc1ccc(CCC(O)C(C)N)cc1Br. The highest BCUT2D eigenvalue weighted by molar-refractivity contribution is 9.10. The summed E-state index contributed by atoms with van der Waals surface area (Å²) in [6.45, 7) is 4.43. The van der Waals surface area contributed by atoms with Crippen molar-refractivity contribution in [2.45, 2.75) is 38.8 Å². The maximum atomic E-state index is 9.63. The first-order chi connectivity index (χ1) is 8.04. The topological polar surface area (TPSA) is 55.5 Å². The Morgan fingerprint density at radius 3 is 2.71 bits per heavy atom. The number of halogens is 1. The monoisotopic (exact) mass is 301 g/mol. The van der Waals surface area contributed by atoms with E-state index in [1.54, 1.807) is 0 Å². The quantitative estimate of drug-likeness (QED) is 0.849. The highest BCUT2D eigenvalue weighted by atomic mass is 79.9. The van der Waals surface area contributed by atoms with Gasteiger partial charge in [0.05, 0.1) is 17.2 Å². The Morgan fingerprint density at radius 1 is 1.47 bits per heavy atom. The van der Waals surface area contributed by atoms with E-state index in [0.717, 1.165) is 16.6 Å². The van der Waals surface area contributed by atoms with Gasteiger partial charge >= 0.3 is 0 Å². The van der Waals surface area contributed by atoms with Crippen LogP contribution in [0.1, 0.15) is 25.8 Å². The van der Waals surface area contributed by atoms with Crippen molar-refractivity contribution >= 4 is 15.9 Å². The third kappa shape index (κ3) is 4.66. The van der Waals surface area contributed by atoms with E-state index in [1.165, 1.54) is 5.56 Å². The highest BCUT2D eigenvalue weighted by Crippen LogP contribution is 2.26. The van der Waals surface area contributed by atoms with Gasteiger partial charge in [-0.1, -0.05) is 6.07 Å². The molecule has 1 aromatic carbocycles. The first-order valence-electron chi connectivity index (χ1n) is 5.89. The molecule has 1 rings (SSSR count). The van der Waals surface area contributed by atoms with Crippen LogP contribution in [0.25, 0.3) is 0 Å². The average molecular weight is 302 g/mol. The molecule has 0 fully saturated rings. The molecule has 2 unspecified atom stereocenters. The molecule has 0 saturated carbocycles. The normalized spacial score (nSPS) is 14.4. The van der Waals surface area contributed by atoms with Crippen molar-refractivity contribution in [2.75, 3.05) is 6.61 Å². The summed E-state index contributed by atoms with van der Waals surface area (Å²) < 4.78 is 6.39. The van der Waals surface area contributed by atoms with E-state index >= 15 is 0 Å². The number of hydrogen-bond donors (Lipinski definition) is 2. The van der Waals surface area contributed by atoms with Crippen molar-refractivity contribution in [3.8, 4) is 5.75 Å². The number of aryl methyl sites for hydroxylation is 1. The zero-order valence-electron chi connectivity index (χ0n) is 10.3. The number of aliphatic hydroxyl groups is 1. The summed E-state index contributed by atoms with van der Waals surface area (Å²) in [6, 6.07) is 5.81. The minimum absolute atomic E-state index is 0.180. The standard InChI is InChI=1S/C13H20BrNO2/c1-3-17-13-7-5-10(8-11(13)14)4-6-12(16)9(2)15/h5,7-9,12,16H,3-4,6,15H2,1-2H3. The molecule has 0 bridgehead atoms. The van der Waals surface area contributed by atoms with Crippen molar-refractivity contribution in [1.29, 1.82) is 0 Å². The minimum atomic E-state index is -0.444. The molecule has 1 aromatic rings. The molecule has 0 amide bonds. The molecule has 2 atom stereocenters. The van der Waals surface area contributed by atoms with Crippen LogP contribution < -0.4 is 10.5 Å². The molecule has 0 aromatic heterocycles. The van der Waals surface area contributed by atoms with Gasteiger partial charge in [-0.05, 0) is 60.3 Å². The lowest BCUT2D eigenvalue weighted by Gasteiger charge is -2.14. The number of hydrogen-bond acceptors (Lipinski definition) is 3. The van der Waals surface area contributed by atoms with E-state index in [0.29, 0.717) is 13.0 Å². The molecule has 3 nitrogen and oxygen atoms in total. The molecule has 96 valence electrons. The molecule has 0 aliphatic carbocycles. The van der Waals surface area contributed by atoms with E-state index in [2.05, 4.69) is 15.9 Å². The van der Waals surface area contributed by atoms with Crippen LogP contribution in [0, 0.1) is 0 Å². The van der Waals surface area contributed by atoms with Crippen LogP contribution in [0.2, 0.25) is 0 Å². The summed E-state index contributed by atoms with van der Waals surface area (Å²) in [5.41, 5.74) is 6.78. The van der Waals surface area contributed by atoms with E-state index in [-0.39, 0.29) is 6.04 Å². The third-order valence-electron chi connectivity index (χ3n) is 2.63. The molecular formula is C13H20BrNO2. The van der Waals surface area contributed by atoms with Gasteiger partial charge in [0, 0.05) is 6.04 Å². The van der Waals surface area contributed by atoms with Gasteiger partial charge in [0.1, 0.15) is 5.75 Å². The zero-order valence-corrected chi connectivity index (χ0v) is 11.9. The van der Waals surface area contributed by atoms with Crippen molar-refractivity contribution in [1.82, 2.24) is 0 Å². The Labute approximate surface area is 111 Å². The van der Waals surface area contributed by atoms with E-state index < -0.39 is 6.10 Å². The van der Waals surface area contributed by atoms with E-state index in [4.69, 9.17) is 10.5 Å². The summed E-state index contributed by atoms with van der Waals surface area (Å²) in [5, 5.41) is 9.63. The first-order valence-corrected chi connectivity index (χ1v) is 6.68. The van der Waals surface area contributed by atoms with Gasteiger partial charge in [-0.25, -0.2) is 0 Å². The number of benzene rings is 1. The van der Waals surface area contributed by atoms with Crippen LogP contribution in [0.3, 0.4) is 0 Å². The Morgan fingerprint density at radius 2 is 2.18 bits per heavy atom. The third-order valence-corrected chi connectivity index (χ3v) is 3.25. The van der Waals surface area contributed by atoms with Gasteiger partial charge in [0.25, 0.3) is 0 Å². The largest absolute Gasteiger partial charge is 0.493 e. The molecule has 0 aliphatic heterocycles. The maximum Gasteiger partial charge on any atom is 0.133 e. The molecule has 0 heterocycles. The number of rotatable bonds is 6. The maximum absolute atomic E-state index is 9.63. The molecular weight excluding hydrogens is 282 g/mol. The van der Waals surface area contributed by atoms with Crippen LogP contribution in [0.4, 0.5) is 0 Å². The summed E-state index contributed by atoms with van der Waals surface area (Å²) in [4.78, 5) is 0. The van der Waals surface area contributed by atoms with E-state index in [9.17, 15) is 5.11 Å². The number of ether oxygens (including phenoxy) is 1. The lowest BCUT2D eigenvalue weighted by atomic mass is 10.0. The van der Waals surface area contributed by atoms with Gasteiger partial charge in [-0.3, -0.25) is 0 Å². The number of aliphatic hydroxyl groups excluding tert-OH is 1. The predicted molar refractivity (Wildman–Crippen MR) is 73.3 cm³/mol. The molecule has 0 spiro atoms. The molecule has 4 heteroatoms. The Bertz CT molecular complexity index is 355. The van der Waals surface area contributed by atoms with Crippen molar-refractivity contribution < 1.29 is 9.84 Å². The lowest BCUT2D eigenvalue weighted by molar-refractivity contribution is 0.141. The molecule has 3 N–H and O–H groups in total. The average Bonchev–Trinajstić information content (AvgIpc) is 2.29. The van der Waals surface area contributed by atoms with Crippen molar-refractivity contribution in [3.63, 3.8) is 0 Å². The van der Waals surface area contributed by atoms with Crippen LogP contribution >= 0.6 is 15.9 Å². The second kappa shape index (κ2) is 6.99. The summed E-state index contributed by atoms with van der Waals surface area (Å²) in [6.07, 6.45) is 1.05. The van der Waals surface area contributed by atoms with Crippen LogP contribution in [-0.4, -0.2) is 23.9 Å². The van der Waals surface area contributed by atoms with Gasteiger partial charge in [0.15, 0.2) is 0 Å². The van der Waals surface area contributed by atoms with Crippen molar-refractivity contribution in [2.24, 2.45) is 5.73 Å². The fourth-order valence-electron chi connectivity index (χ4n) is 1.55. The summed E-state index contributed by atoms with van der Waals surface area (Å²) >= 11 is 3.47. The van der Waals surface area contributed by atoms with Crippen LogP contribution in [0.15, 0.2) is 22.7 Å². The zero-order chi connectivity index (χ0) is 12.8. The Balaban J connectivity index is 2.58. The second-order valence-corrected chi connectivity index (χ2v) is 5.02. The van der Waals surface area contributed by atoms with Gasteiger partial charge in [0.2, 0.25) is 0 Å². The fraction of sp³-hybridized carbons (Fsp3) is 0.538. The molecule has 17 heavy (non-hydrogen) atoms. The number of nitrogens with two attached hydrogens (primary N) is 1. The fourth-order valence-corrected chi connectivity index (χ4v) is 2.09. The van der Waals surface area contributed by atoms with Crippen LogP contribution in [0.5, 0.6) is 5.75 Å². The molecule has 0 radical (unpaired) electrons. The summed E-state index contributed by atoms with van der Waals surface area (Å²) in [5.74, 6) is 0.851. The Hall–Kier alpha value is -0.580. The van der Waals surface area contributed by atoms with Crippen molar-refractivity contribution in [3.05, 3.63) is 28.2 Å². The Kier molecular flexibility index (Phi) is 5.95. The second-order valence-electron chi connectivity index (χ2n) is 4.16. The first kappa shape index (κ1) is 14.5.